The molecule has 1 aliphatic rings. The summed E-state index contributed by atoms with van der Waals surface area (Å²) in [5.41, 5.74) is 5.76. The van der Waals surface area contributed by atoms with Gasteiger partial charge in [0.05, 0.1) is 18.5 Å². The van der Waals surface area contributed by atoms with Crippen molar-refractivity contribution in [2.75, 3.05) is 13.1 Å². The maximum atomic E-state index is 13.0. The van der Waals surface area contributed by atoms with Crippen molar-refractivity contribution in [3.8, 4) is 11.4 Å². The van der Waals surface area contributed by atoms with Crippen molar-refractivity contribution in [1.82, 2.24) is 20.4 Å². The molecule has 2 heterocycles. The van der Waals surface area contributed by atoms with Crippen LogP contribution in [0.1, 0.15) is 54.0 Å². The largest absolute Gasteiger partial charge is 0.349 e. The second-order valence-electron chi connectivity index (χ2n) is 8.97. The van der Waals surface area contributed by atoms with Crippen LogP contribution in [0.25, 0.3) is 11.4 Å². The first-order valence-corrected chi connectivity index (χ1v) is 11.4. The Hall–Kier alpha value is -2.99. The van der Waals surface area contributed by atoms with E-state index in [1.807, 2.05) is 38.1 Å². The molecule has 1 N–H and O–H groups in total. The molecule has 3 aromatic rings. The van der Waals surface area contributed by atoms with Crippen molar-refractivity contribution in [2.45, 2.75) is 53.1 Å². The zero-order chi connectivity index (χ0) is 22.7. The normalized spacial score (nSPS) is 17.8. The molecule has 1 fully saturated rings. The van der Waals surface area contributed by atoms with Gasteiger partial charge in [-0.05, 0) is 69.3 Å². The van der Waals surface area contributed by atoms with E-state index in [0.29, 0.717) is 24.8 Å². The van der Waals surface area contributed by atoms with Gasteiger partial charge in [0.1, 0.15) is 0 Å². The van der Waals surface area contributed by atoms with E-state index in [9.17, 15) is 4.79 Å². The highest BCUT2D eigenvalue weighted by atomic mass is 16.5. The van der Waals surface area contributed by atoms with Crippen molar-refractivity contribution in [1.29, 1.82) is 0 Å². The second-order valence-corrected chi connectivity index (χ2v) is 8.97. The quantitative estimate of drug-likeness (QED) is 0.609. The molecule has 0 spiro atoms. The number of benzene rings is 2. The first-order chi connectivity index (χ1) is 15.4. The van der Waals surface area contributed by atoms with E-state index >= 15 is 0 Å². The first kappa shape index (κ1) is 22.2. The number of amides is 1. The molecule has 1 amide bonds. The number of nitrogens with zero attached hydrogens (tertiary/aromatic N) is 3. The van der Waals surface area contributed by atoms with Crippen LogP contribution in [0.15, 0.2) is 47.0 Å². The maximum absolute atomic E-state index is 13.0. The molecular weight excluding hydrogens is 400 g/mol. The predicted octanol–water partition coefficient (Wildman–Crippen LogP) is 4.75. The molecule has 0 aliphatic carbocycles. The van der Waals surface area contributed by atoms with Gasteiger partial charge in [-0.1, -0.05) is 47.6 Å². The highest BCUT2D eigenvalue weighted by Gasteiger charge is 2.28. The minimum Gasteiger partial charge on any atom is -0.349 e. The van der Waals surface area contributed by atoms with E-state index in [0.717, 1.165) is 36.1 Å². The van der Waals surface area contributed by atoms with Gasteiger partial charge < -0.3 is 9.84 Å². The Morgan fingerprint density at radius 2 is 1.97 bits per heavy atom. The van der Waals surface area contributed by atoms with Crippen molar-refractivity contribution < 1.29 is 9.32 Å². The lowest BCUT2D eigenvalue weighted by molar-refractivity contribution is -0.127. The van der Waals surface area contributed by atoms with Crippen LogP contribution in [-0.4, -0.2) is 34.0 Å². The van der Waals surface area contributed by atoms with E-state index in [1.54, 1.807) is 0 Å². The van der Waals surface area contributed by atoms with Gasteiger partial charge in [-0.15, -0.1) is 0 Å². The van der Waals surface area contributed by atoms with Crippen LogP contribution in [0, 0.1) is 26.7 Å². The van der Waals surface area contributed by atoms with Crippen LogP contribution >= 0.6 is 0 Å². The second kappa shape index (κ2) is 9.65. The Morgan fingerprint density at radius 3 is 2.75 bits per heavy atom. The van der Waals surface area contributed by atoms with E-state index in [4.69, 9.17) is 4.52 Å². The fourth-order valence-electron chi connectivity index (χ4n) is 4.31. The Balaban J connectivity index is 1.35. The topological polar surface area (TPSA) is 71.3 Å². The number of nitrogens with one attached hydrogen (secondary N) is 1. The lowest BCUT2D eigenvalue weighted by Crippen LogP contribution is -2.43. The summed E-state index contributed by atoms with van der Waals surface area (Å²) in [6.07, 6.45) is 1.88. The van der Waals surface area contributed by atoms with Crippen molar-refractivity contribution in [3.63, 3.8) is 0 Å². The Labute approximate surface area is 190 Å². The number of aryl methyl sites for hydroxylation is 3. The number of likely N-dealkylation sites (tertiary alicyclic amines) is 1. The zero-order valence-electron chi connectivity index (χ0n) is 19.4. The summed E-state index contributed by atoms with van der Waals surface area (Å²) in [6, 6.07) is 14.4. The predicted molar refractivity (Wildman–Crippen MR) is 125 cm³/mol. The Morgan fingerprint density at radius 1 is 1.16 bits per heavy atom. The molecule has 168 valence electrons. The van der Waals surface area contributed by atoms with Crippen molar-refractivity contribution >= 4 is 5.91 Å². The van der Waals surface area contributed by atoms with Gasteiger partial charge in [0.2, 0.25) is 17.6 Å². The van der Waals surface area contributed by atoms with Gasteiger partial charge in [-0.2, -0.15) is 4.98 Å². The maximum Gasteiger partial charge on any atom is 0.241 e. The summed E-state index contributed by atoms with van der Waals surface area (Å²) >= 11 is 0. The number of piperidine rings is 1. The molecule has 2 aromatic carbocycles. The standard InChI is InChI=1S/C26H32N4O2/c1-17-11-12-21(14-19(17)3)20(4)27-26(31)22-9-7-13-30(15-22)16-24-28-25(29-32-24)23-10-6-5-8-18(23)2/h5-6,8,10-12,14,20,22H,7,9,13,15-16H2,1-4H3,(H,27,31). The van der Waals surface area contributed by atoms with Crippen LogP contribution in [-0.2, 0) is 11.3 Å². The van der Waals surface area contributed by atoms with E-state index in [2.05, 4.69) is 52.4 Å². The molecule has 32 heavy (non-hydrogen) atoms. The fraction of sp³-hybridized carbons (Fsp3) is 0.423. The monoisotopic (exact) mass is 432 g/mol. The van der Waals surface area contributed by atoms with Gasteiger partial charge in [0.25, 0.3) is 0 Å². The molecule has 4 rings (SSSR count). The smallest absolute Gasteiger partial charge is 0.241 e. The number of carbonyl (C=O) groups excluding carboxylic acids is 1. The fourth-order valence-corrected chi connectivity index (χ4v) is 4.31. The summed E-state index contributed by atoms with van der Waals surface area (Å²) in [7, 11) is 0. The number of aromatic nitrogens is 2. The van der Waals surface area contributed by atoms with Gasteiger partial charge in [-0.3, -0.25) is 9.69 Å². The number of hydrogen-bond acceptors (Lipinski definition) is 5. The molecule has 2 unspecified atom stereocenters. The van der Waals surface area contributed by atoms with Crippen LogP contribution in [0.3, 0.4) is 0 Å². The van der Waals surface area contributed by atoms with Crippen molar-refractivity contribution in [2.24, 2.45) is 5.92 Å². The summed E-state index contributed by atoms with van der Waals surface area (Å²) in [4.78, 5) is 19.8. The van der Waals surface area contributed by atoms with Crippen molar-refractivity contribution in [3.05, 3.63) is 70.6 Å². The van der Waals surface area contributed by atoms with Crippen LogP contribution in [0.2, 0.25) is 0 Å². The SMILES string of the molecule is Cc1ccc(C(C)NC(=O)C2CCCN(Cc3nc(-c4ccccc4C)no3)C2)cc1C. The third-order valence-corrected chi connectivity index (χ3v) is 6.48. The minimum atomic E-state index is -0.0310. The highest BCUT2D eigenvalue weighted by molar-refractivity contribution is 5.79. The molecule has 0 bridgehead atoms. The molecule has 0 saturated carbocycles. The van der Waals surface area contributed by atoms with Crippen LogP contribution < -0.4 is 5.32 Å². The molecule has 1 aliphatic heterocycles. The molecule has 6 heteroatoms. The summed E-state index contributed by atoms with van der Waals surface area (Å²) in [6.45, 7) is 10.5. The highest BCUT2D eigenvalue weighted by Crippen LogP contribution is 2.23. The average molecular weight is 433 g/mol. The molecule has 1 aromatic heterocycles. The molecule has 6 nitrogen and oxygen atoms in total. The third kappa shape index (κ3) is 5.07. The molecule has 0 radical (unpaired) electrons. The lowest BCUT2D eigenvalue weighted by atomic mass is 9.96. The Kier molecular flexibility index (Phi) is 6.70. The van der Waals surface area contributed by atoms with E-state index in [-0.39, 0.29) is 17.9 Å². The lowest BCUT2D eigenvalue weighted by Gasteiger charge is -2.31. The number of rotatable bonds is 6. The van der Waals surface area contributed by atoms with Crippen LogP contribution in [0.4, 0.5) is 0 Å². The molecule has 1 saturated heterocycles. The van der Waals surface area contributed by atoms with Gasteiger partial charge in [-0.25, -0.2) is 0 Å². The summed E-state index contributed by atoms with van der Waals surface area (Å²) in [5.74, 6) is 1.29. The van der Waals surface area contributed by atoms with Gasteiger partial charge in [0, 0.05) is 12.1 Å². The molecule has 2 atom stereocenters. The number of hydrogen-bond donors (Lipinski definition) is 1. The third-order valence-electron chi connectivity index (χ3n) is 6.48. The Bertz CT molecular complexity index is 1090. The molecular formula is C26H32N4O2. The summed E-state index contributed by atoms with van der Waals surface area (Å²) in [5, 5.41) is 7.37. The van der Waals surface area contributed by atoms with Gasteiger partial charge in [0.15, 0.2) is 0 Å². The van der Waals surface area contributed by atoms with E-state index < -0.39 is 0 Å². The summed E-state index contributed by atoms with van der Waals surface area (Å²) < 4.78 is 5.51. The van der Waals surface area contributed by atoms with E-state index in [1.165, 1.54) is 11.1 Å². The van der Waals surface area contributed by atoms with Crippen LogP contribution in [0.5, 0.6) is 0 Å². The number of carbonyl (C=O) groups is 1. The van der Waals surface area contributed by atoms with Gasteiger partial charge >= 0.3 is 0 Å². The minimum absolute atomic E-state index is 0.00946. The first-order valence-electron chi connectivity index (χ1n) is 11.4. The zero-order valence-corrected chi connectivity index (χ0v) is 19.4. The average Bonchev–Trinajstić information content (AvgIpc) is 3.24.